The Kier molecular flexibility index (Phi) is 7.16. The summed E-state index contributed by atoms with van der Waals surface area (Å²) in [4.78, 5) is 0.270. The van der Waals surface area contributed by atoms with Crippen LogP contribution in [-0.2, 0) is 28.6 Å². The highest BCUT2D eigenvalue weighted by Crippen LogP contribution is 2.20. The number of benzene rings is 2. The van der Waals surface area contributed by atoms with E-state index in [9.17, 15) is 16.8 Å². The molecule has 1 atom stereocenters. The van der Waals surface area contributed by atoms with Gasteiger partial charge in [0.05, 0.1) is 23.0 Å². The SMILES string of the molecule is Cc1ccccc1S(=O)(=O)OCC[C@@H](C)COS(=O)(=O)c1ccccc1C. The summed E-state index contributed by atoms with van der Waals surface area (Å²) in [5.41, 5.74) is 1.22. The van der Waals surface area contributed by atoms with Gasteiger partial charge in [-0.2, -0.15) is 16.8 Å². The lowest BCUT2D eigenvalue weighted by Gasteiger charge is -2.13. The van der Waals surface area contributed by atoms with Gasteiger partial charge in [0.2, 0.25) is 0 Å². The van der Waals surface area contributed by atoms with Crippen LogP contribution in [0.25, 0.3) is 0 Å². The van der Waals surface area contributed by atoms with E-state index in [1.807, 2.05) is 0 Å². The van der Waals surface area contributed by atoms with E-state index in [2.05, 4.69) is 0 Å². The van der Waals surface area contributed by atoms with Crippen LogP contribution in [-0.4, -0.2) is 30.0 Å². The monoisotopic (exact) mass is 412 g/mol. The molecule has 0 fully saturated rings. The molecule has 27 heavy (non-hydrogen) atoms. The Bertz CT molecular complexity index is 981. The fourth-order valence-corrected chi connectivity index (χ4v) is 4.85. The van der Waals surface area contributed by atoms with Gasteiger partial charge in [0.1, 0.15) is 0 Å². The van der Waals surface area contributed by atoms with Crippen molar-refractivity contribution in [2.75, 3.05) is 13.2 Å². The molecule has 0 saturated heterocycles. The van der Waals surface area contributed by atoms with Gasteiger partial charge in [-0.1, -0.05) is 43.3 Å². The Morgan fingerprint density at radius 3 is 1.70 bits per heavy atom. The molecule has 2 rings (SSSR count). The van der Waals surface area contributed by atoms with Crippen LogP contribution in [0.4, 0.5) is 0 Å². The quantitative estimate of drug-likeness (QED) is 0.587. The van der Waals surface area contributed by atoms with Crippen LogP contribution in [0.5, 0.6) is 0 Å². The van der Waals surface area contributed by atoms with E-state index in [1.54, 1.807) is 57.2 Å². The summed E-state index contributed by atoms with van der Waals surface area (Å²) in [6, 6.07) is 13.2. The van der Waals surface area contributed by atoms with Crippen LogP contribution in [0.1, 0.15) is 24.5 Å². The lowest BCUT2D eigenvalue weighted by atomic mass is 10.1. The van der Waals surface area contributed by atoms with E-state index in [0.29, 0.717) is 17.5 Å². The molecular formula is C19H24O6S2. The van der Waals surface area contributed by atoms with E-state index in [4.69, 9.17) is 8.37 Å². The van der Waals surface area contributed by atoms with Crippen molar-refractivity contribution in [1.82, 2.24) is 0 Å². The van der Waals surface area contributed by atoms with E-state index in [-0.39, 0.29) is 28.9 Å². The summed E-state index contributed by atoms with van der Waals surface area (Å²) in [6.07, 6.45) is 0.342. The maximum Gasteiger partial charge on any atom is 0.297 e. The van der Waals surface area contributed by atoms with Crippen molar-refractivity contribution >= 4 is 20.2 Å². The summed E-state index contributed by atoms with van der Waals surface area (Å²) in [5.74, 6) is -0.198. The summed E-state index contributed by atoms with van der Waals surface area (Å²) >= 11 is 0. The molecule has 0 aliphatic carbocycles. The van der Waals surface area contributed by atoms with Crippen LogP contribution in [0.2, 0.25) is 0 Å². The molecule has 0 amide bonds. The molecule has 0 aliphatic heterocycles. The van der Waals surface area contributed by atoms with Crippen LogP contribution in [0.15, 0.2) is 58.3 Å². The number of aryl methyl sites for hydroxylation is 2. The van der Waals surface area contributed by atoms with Crippen LogP contribution in [0, 0.1) is 19.8 Å². The Morgan fingerprint density at radius 2 is 1.22 bits per heavy atom. The third-order valence-electron chi connectivity index (χ3n) is 4.08. The van der Waals surface area contributed by atoms with Gasteiger partial charge in [-0.3, -0.25) is 8.37 Å². The Balaban J connectivity index is 1.87. The van der Waals surface area contributed by atoms with Gasteiger partial charge in [-0.05, 0) is 49.4 Å². The second-order valence-corrected chi connectivity index (χ2v) is 9.61. The number of hydrogen-bond acceptors (Lipinski definition) is 6. The van der Waals surface area contributed by atoms with Crippen molar-refractivity contribution in [1.29, 1.82) is 0 Å². The third-order valence-corrected chi connectivity index (χ3v) is 7.00. The number of hydrogen-bond donors (Lipinski definition) is 0. The molecular weight excluding hydrogens is 388 g/mol. The van der Waals surface area contributed by atoms with Crippen molar-refractivity contribution in [2.45, 2.75) is 37.0 Å². The molecule has 0 unspecified atom stereocenters. The highest BCUT2D eigenvalue weighted by Gasteiger charge is 2.20. The maximum absolute atomic E-state index is 12.3. The summed E-state index contributed by atoms with van der Waals surface area (Å²) in [7, 11) is -7.68. The van der Waals surface area contributed by atoms with E-state index in [0.717, 1.165) is 0 Å². The molecule has 0 bridgehead atoms. The largest absolute Gasteiger partial charge is 0.297 e. The average molecular weight is 413 g/mol. The fraction of sp³-hybridized carbons (Fsp3) is 0.368. The van der Waals surface area contributed by atoms with E-state index < -0.39 is 20.2 Å². The highest BCUT2D eigenvalue weighted by atomic mass is 32.2. The predicted molar refractivity (Wildman–Crippen MR) is 102 cm³/mol. The Hall–Kier alpha value is -1.74. The Morgan fingerprint density at radius 1 is 0.778 bits per heavy atom. The zero-order chi connectivity index (χ0) is 20.1. The summed E-state index contributed by atoms with van der Waals surface area (Å²) in [6.45, 7) is 5.07. The minimum absolute atomic E-state index is 0.0500. The predicted octanol–water partition coefficient (Wildman–Crippen LogP) is 3.44. The first-order valence-electron chi connectivity index (χ1n) is 8.53. The lowest BCUT2D eigenvalue weighted by Crippen LogP contribution is -2.16. The van der Waals surface area contributed by atoms with Gasteiger partial charge in [0.25, 0.3) is 20.2 Å². The van der Waals surface area contributed by atoms with E-state index >= 15 is 0 Å². The van der Waals surface area contributed by atoms with Crippen molar-refractivity contribution < 1.29 is 25.2 Å². The normalized spacial score (nSPS) is 13.4. The van der Waals surface area contributed by atoms with Crippen molar-refractivity contribution in [3.63, 3.8) is 0 Å². The minimum atomic E-state index is -3.85. The van der Waals surface area contributed by atoms with Crippen molar-refractivity contribution in [3.05, 3.63) is 59.7 Å². The van der Waals surface area contributed by atoms with Gasteiger partial charge in [0, 0.05) is 0 Å². The molecule has 2 aromatic carbocycles. The first-order chi connectivity index (χ1) is 12.6. The average Bonchev–Trinajstić information content (AvgIpc) is 2.60. The maximum atomic E-state index is 12.3. The second kappa shape index (κ2) is 8.97. The molecule has 0 saturated carbocycles. The smallest absolute Gasteiger partial charge is 0.266 e. The standard InChI is InChI=1S/C19H24O6S2/c1-15(14-25-27(22,23)19-11-7-5-9-17(19)3)12-13-24-26(20,21)18-10-6-4-8-16(18)2/h4-11,15H,12-14H2,1-3H3/t15-/m1/s1. The highest BCUT2D eigenvalue weighted by molar-refractivity contribution is 7.87. The van der Waals surface area contributed by atoms with E-state index in [1.165, 1.54) is 12.1 Å². The van der Waals surface area contributed by atoms with Crippen LogP contribution >= 0.6 is 0 Å². The molecule has 0 N–H and O–H groups in total. The van der Waals surface area contributed by atoms with Crippen LogP contribution in [0.3, 0.4) is 0 Å². The van der Waals surface area contributed by atoms with Gasteiger partial charge in [-0.25, -0.2) is 0 Å². The van der Waals surface area contributed by atoms with Gasteiger partial charge in [0.15, 0.2) is 0 Å². The minimum Gasteiger partial charge on any atom is -0.266 e. The van der Waals surface area contributed by atoms with Crippen LogP contribution < -0.4 is 0 Å². The molecule has 0 radical (unpaired) electrons. The molecule has 148 valence electrons. The molecule has 0 spiro atoms. The Labute approximate surface area is 161 Å². The molecule has 0 heterocycles. The fourth-order valence-electron chi connectivity index (χ4n) is 2.45. The van der Waals surface area contributed by atoms with Gasteiger partial charge < -0.3 is 0 Å². The summed E-state index contributed by atoms with van der Waals surface area (Å²) < 4.78 is 59.2. The van der Waals surface area contributed by atoms with Crippen molar-refractivity contribution in [3.8, 4) is 0 Å². The molecule has 0 aliphatic rings. The zero-order valence-electron chi connectivity index (χ0n) is 15.6. The molecule has 2 aromatic rings. The van der Waals surface area contributed by atoms with Gasteiger partial charge >= 0.3 is 0 Å². The molecule has 0 aromatic heterocycles. The molecule has 8 heteroatoms. The first-order valence-corrected chi connectivity index (χ1v) is 11.4. The molecule has 6 nitrogen and oxygen atoms in total. The first kappa shape index (κ1) is 21.6. The lowest BCUT2D eigenvalue weighted by molar-refractivity contribution is 0.223. The van der Waals surface area contributed by atoms with Gasteiger partial charge in [-0.15, -0.1) is 0 Å². The second-order valence-electron chi connectivity index (χ2n) is 6.44. The topological polar surface area (TPSA) is 86.7 Å². The zero-order valence-corrected chi connectivity index (χ0v) is 17.2. The summed E-state index contributed by atoms with van der Waals surface area (Å²) in [5, 5.41) is 0. The van der Waals surface area contributed by atoms with Crippen molar-refractivity contribution in [2.24, 2.45) is 5.92 Å². The number of rotatable bonds is 9. The third kappa shape index (κ3) is 5.87.